The summed E-state index contributed by atoms with van der Waals surface area (Å²) in [6, 6.07) is 16.4. The maximum absolute atomic E-state index is 12.3. The Bertz CT molecular complexity index is 987. The molecule has 0 aliphatic heterocycles. The number of carbonyl (C=O) groups excluding carboxylic acids is 2. The van der Waals surface area contributed by atoms with Gasteiger partial charge in [-0.05, 0) is 30.7 Å². The van der Waals surface area contributed by atoms with Crippen molar-refractivity contribution >= 4 is 29.3 Å². The van der Waals surface area contributed by atoms with Crippen LogP contribution in [-0.2, 0) is 16.6 Å². The third kappa shape index (κ3) is 5.70. The summed E-state index contributed by atoms with van der Waals surface area (Å²) in [5, 5.41) is 11.9. The number of ether oxygens (including phenoxy) is 1. The Labute approximate surface area is 179 Å². The predicted molar refractivity (Wildman–Crippen MR) is 117 cm³/mol. The minimum absolute atomic E-state index is 0.164. The second-order valence-corrected chi connectivity index (χ2v) is 7.58. The first-order valence-corrected chi connectivity index (χ1v) is 10.7. The Balaban J connectivity index is 1.52. The zero-order valence-corrected chi connectivity index (χ0v) is 17.8. The van der Waals surface area contributed by atoms with Gasteiger partial charge in [-0.15, -0.1) is 10.2 Å². The fourth-order valence-electron chi connectivity index (χ4n) is 2.69. The summed E-state index contributed by atoms with van der Waals surface area (Å²) in [7, 11) is 1.88. The van der Waals surface area contributed by atoms with Gasteiger partial charge in [-0.1, -0.05) is 55.4 Å². The predicted octanol–water partition coefficient (Wildman–Crippen LogP) is 4.17. The number of hydrogen-bond donors (Lipinski definition) is 1. The van der Waals surface area contributed by atoms with Gasteiger partial charge in [0.25, 0.3) is 0 Å². The van der Waals surface area contributed by atoms with Crippen LogP contribution in [0.5, 0.6) is 0 Å². The van der Waals surface area contributed by atoms with Gasteiger partial charge in [0.2, 0.25) is 5.91 Å². The minimum Gasteiger partial charge on any atom is -0.462 e. The van der Waals surface area contributed by atoms with Crippen molar-refractivity contribution in [1.29, 1.82) is 0 Å². The number of aromatic nitrogens is 3. The van der Waals surface area contributed by atoms with Crippen molar-refractivity contribution in [2.75, 3.05) is 17.7 Å². The average molecular weight is 425 g/mol. The summed E-state index contributed by atoms with van der Waals surface area (Å²) in [5.74, 6) is 0.428. The van der Waals surface area contributed by atoms with Crippen molar-refractivity contribution in [1.82, 2.24) is 14.8 Å². The van der Waals surface area contributed by atoms with Crippen molar-refractivity contribution in [2.45, 2.75) is 24.9 Å². The number of carbonyl (C=O) groups is 2. The van der Waals surface area contributed by atoms with E-state index in [0.717, 1.165) is 24.2 Å². The van der Waals surface area contributed by atoms with E-state index >= 15 is 0 Å². The maximum atomic E-state index is 12.3. The second kappa shape index (κ2) is 10.6. The van der Waals surface area contributed by atoms with Crippen molar-refractivity contribution < 1.29 is 14.3 Å². The fraction of sp³-hybridized carbons (Fsp3) is 0.273. The van der Waals surface area contributed by atoms with E-state index in [1.54, 1.807) is 24.3 Å². The van der Waals surface area contributed by atoms with Gasteiger partial charge in [0.1, 0.15) is 0 Å². The number of anilines is 1. The number of unbranched alkanes of at least 4 members (excludes halogenated alkanes) is 1. The van der Waals surface area contributed by atoms with Gasteiger partial charge in [-0.2, -0.15) is 0 Å². The van der Waals surface area contributed by atoms with Crippen LogP contribution in [-0.4, -0.2) is 39.0 Å². The zero-order valence-electron chi connectivity index (χ0n) is 17.0. The van der Waals surface area contributed by atoms with Gasteiger partial charge in [0.05, 0.1) is 17.9 Å². The molecule has 0 radical (unpaired) electrons. The molecule has 1 heterocycles. The molecule has 2 aromatic carbocycles. The summed E-state index contributed by atoms with van der Waals surface area (Å²) < 4.78 is 7.04. The molecule has 8 heteroatoms. The molecule has 0 atom stereocenters. The summed E-state index contributed by atoms with van der Waals surface area (Å²) in [6.07, 6.45) is 1.81. The number of nitrogens with one attached hydrogen (secondary N) is 1. The Morgan fingerprint density at radius 2 is 1.80 bits per heavy atom. The van der Waals surface area contributed by atoms with Crippen molar-refractivity contribution in [2.24, 2.45) is 7.05 Å². The Hall–Kier alpha value is -3.13. The molecule has 7 nitrogen and oxygen atoms in total. The molecule has 156 valence electrons. The average Bonchev–Trinajstić information content (AvgIpc) is 3.14. The van der Waals surface area contributed by atoms with E-state index in [1.807, 2.05) is 48.9 Å². The lowest BCUT2D eigenvalue weighted by atomic mass is 10.2. The number of hydrogen-bond acceptors (Lipinski definition) is 6. The highest BCUT2D eigenvalue weighted by Gasteiger charge is 2.13. The molecule has 0 aliphatic rings. The molecular weight excluding hydrogens is 400 g/mol. The van der Waals surface area contributed by atoms with Crippen LogP contribution in [0.3, 0.4) is 0 Å². The standard InChI is InChI=1S/C22H24N4O3S/c1-3-4-14-29-21(28)17-10-12-18(13-11-17)23-19(27)15-30-22-25-24-20(26(22)2)16-8-6-5-7-9-16/h5-13H,3-4,14-15H2,1-2H3,(H,23,27). The van der Waals surface area contributed by atoms with E-state index < -0.39 is 0 Å². The van der Waals surface area contributed by atoms with Crippen LogP contribution < -0.4 is 5.32 Å². The largest absolute Gasteiger partial charge is 0.462 e. The van der Waals surface area contributed by atoms with Gasteiger partial charge in [0, 0.05) is 18.3 Å². The first-order chi connectivity index (χ1) is 14.6. The highest BCUT2D eigenvalue weighted by Crippen LogP contribution is 2.22. The number of nitrogens with zero attached hydrogens (tertiary/aromatic N) is 3. The van der Waals surface area contributed by atoms with Gasteiger partial charge in [-0.3, -0.25) is 4.79 Å². The highest BCUT2D eigenvalue weighted by atomic mass is 32.2. The fourth-order valence-corrected chi connectivity index (χ4v) is 3.40. The van der Waals surface area contributed by atoms with E-state index in [9.17, 15) is 9.59 Å². The van der Waals surface area contributed by atoms with Gasteiger partial charge in [0.15, 0.2) is 11.0 Å². The van der Waals surface area contributed by atoms with Crippen LogP contribution in [0, 0.1) is 0 Å². The van der Waals surface area contributed by atoms with Crippen LogP contribution in [0.15, 0.2) is 59.8 Å². The van der Waals surface area contributed by atoms with Gasteiger partial charge < -0.3 is 14.6 Å². The normalized spacial score (nSPS) is 10.6. The Morgan fingerprint density at radius 1 is 1.07 bits per heavy atom. The number of thioether (sulfide) groups is 1. The number of benzene rings is 2. The minimum atomic E-state index is -0.353. The van der Waals surface area contributed by atoms with Crippen LogP contribution in [0.2, 0.25) is 0 Å². The van der Waals surface area contributed by atoms with E-state index in [2.05, 4.69) is 15.5 Å². The molecule has 0 aliphatic carbocycles. The number of esters is 1. The van der Waals surface area contributed by atoms with Crippen LogP contribution >= 0.6 is 11.8 Å². The maximum Gasteiger partial charge on any atom is 0.338 e. The first-order valence-electron chi connectivity index (χ1n) is 9.73. The topological polar surface area (TPSA) is 86.1 Å². The number of rotatable bonds is 9. The van der Waals surface area contributed by atoms with Gasteiger partial charge >= 0.3 is 5.97 Å². The molecule has 1 N–H and O–H groups in total. The Kier molecular flexibility index (Phi) is 7.62. The van der Waals surface area contributed by atoms with E-state index in [4.69, 9.17) is 4.74 Å². The lowest BCUT2D eigenvalue weighted by molar-refractivity contribution is -0.113. The monoisotopic (exact) mass is 424 g/mol. The molecule has 3 rings (SSSR count). The van der Waals surface area contributed by atoms with E-state index in [0.29, 0.717) is 23.0 Å². The lowest BCUT2D eigenvalue weighted by Crippen LogP contribution is -2.14. The molecule has 1 amide bonds. The molecule has 0 spiro atoms. The third-order valence-electron chi connectivity index (χ3n) is 4.33. The summed E-state index contributed by atoms with van der Waals surface area (Å²) >= 11 is 1.31. The molecule has 0 fully saturated rings. The van der Waals surface area contributed by atoms with E-state index in [1.165, 1.54) is 11.8 Å². The molecular formula is C22H24N4O3S. The van der Waals surface area contributed by atoms with Crippen molar-refractivity contribution in [3.05, 3.63) is 60.2 Å². The SMILES string of the molecule is CCCCOC(=O)c1ccc(NC(=O)CSc2nnc(-c3ccccc3)n2C)cc1. The van der Waals surface area contributed by atoms with Gasteiger partial charge in [-0.25, -0.2) is 4.79 Å². The smallest absolute Gasteiger partial charge is 0.338 e. The van der Waals surface area contributed by atoms with Crippen molar-refractivity contribution in [3.8, 4) is 11.4 Å². The zero-order chi connectivity index (χ0) is 21.3. The summed E-state index contributed by atoms with van der Waals surface area (Å²) in [4.78, 5) is 24.2. The third-order valence-corrected chi connectivity index (χ3v) is 5.35. The van der Waals surface area contributed by atoms with Crippen LogP contribution in [0.1, 0.15) is 30.1 Å². The second-order valence-electron chi connectivity index (χ2n) is 6.63. The van der Waals surface area contributed by atoms with E-state index in [-0.39, 0.29) is 17.6 Å². The molecule has 0 saturated carbocycles. The quantitative estimate of drug-likeness (QED) is 0.315. The summed E-state index contributed by atoms with van der Waals surface area (Å²) in [6.45, 7) is 2.45. The molecule has 30 heavy (non-hydrogen) atoms. The molecule has 1 aromatic heterocycles. The molecule has 0 bridgehead atoms. The molecule has 0 saturated heterocycles. The van der Waals surface area contributed by atoms with Crippen LogP contribution in [0.25, 0.3) is 11.4 Å². The van der Waals surface area contributed by atoms with Crippen molar-refractivity contribution in [3.63, 3.8) is 0 Å². The number of amides is 1. The summed E-state index contributed by atoms with van der Waals surface area (Å²) in [5.41, 5.74) is 2.05. The lowest BCUT2D eigenvalue weighted by Gasteiger charge is -2.07. The van der Waals surface area contributed by atoms with Crippen LogP contribution in [0.4, 0.5) is 5.69 Å². The highest BCUT2D eigenvalue weighted by molar-refractivity contribution is 7.99. The molecule has 0 unspecified atom stereocenters. The first kappa shape index (κ1) is 21.6. The molecule has 3 aromatic rings. The Morgan fingerprint density at radius 3 is 2.50 bits per heavy atom.